The highest BCUT2D eigenvalue weighted by atomic mass is 31.1. The summed E-state index contributed by atoms with van der Waals surface area (Å²) >= 11 is 0. The van der Waals surface area contributed by atoms with Gasteiger partial charge in [0, 0.05) is 0 Å². The van der Waals surface area contributed by atoms with Crippen LogP contribution in [-0.4, -0.2) is 23.6 Å². The number of ether oxygens (including phenoxy) is 1. The molecule has 4 nitrogen and oxygen atoms in total. The van der Waals surface area contributed by atoms with Gasteiger partial charge < -0.3 is 4.74 Å². The van der Waals surface area contributed by atoms with Crippen LogP contribution in [0, 0.1) is 17.8 Å². The van der Waals surface area contributed by atoms with Crippen molar-refractivity contribution >= 4 is 41.4 Å². The van der Waals surface area contributed by atoms with E-state index in [1.165, 1.54) is 13.8 Å². The van der Waals surface area contributed by atoms with Crippen molar-refractivity contribution in [3.8, 4) is 0 Å². The summed E-state index contributed by atoms with van der Waals surface area (Å²) in [4.78, 5) is 37.5. The summed E-state index contributed by atoms with van der Waals surface area (Å²) in [5.74, 6) is -1.06. The van der Waals surface area contributed by atoms with Crippen molar-refractivity contribution in [2.75, 3.05) is 0 Å². The first kappa shape index (κ1) is 28.5. The Bertz CT molecular complexity index is 1140. The van der Waals surface area contributed by atoms with E-state index in [1.54, 1.807) is 0 Å². The molecule has 5 heteroatoms. The van der Waals surface area contributed by atoms with Crippen LogP contribution in [0.15, 0.2) is 84.9 Å². The zero-order chi connectivity index (χ0) is 26.9. The molecule has 0 fully saturated rings. The minimum absolute atomic E-state index is 0.00192. The number of benzene rings is 3. The van der Waals surface area contributed by atoms with Crippen molar-refractivity contribution in [2.24, 2.45) is 17.8 Å². The van der Waals surface area contributed by atoms with Gasteiger partial charge in [-0.15, -0.1) is 0 Å². The van der Waals surface area contributed by atoms with E-state index in [1.807, 2.05) is 81.4 Å². The van der Waals surface area contributed by atoms with Crippen LogP contribution in [0.3, 0.4) is 0 Å². The smallest absolute Gasteiger partial charge is 0.339 e. The van der Waals surface area contributed by atoms with Crippen molar-refractivity contribution in [1.82, 2.24) is 0 Å². The fourth-order valence-electron chi connectivity index (χ4n) is 4.81. The molecule has 37 heavy (non-hydrogen) atoms. The molecule has 3 rings (SSSR count). The maximum Gasteiger partial charge on any atom is 0.339 e. The van der Waals surface area contributed by atoms with Crippen LogP contribution in [0.25, 0.3) is 0 Å². The molecule has 0 aliphatic carbocycles. The minimum atomic E-state index is -0.961. The third-order valence-electron chi connectivity index (χ3n) is 6.75. The first-order valence-electron chi connectivity index (χ1n) is 12.9. The van der Waals surface area contributed by atoms with Crippen LogP contribution < -0.4 is 15.9 Å². The number of rotatable bonds is 12. The zero-order valence-corrected chi connectivity index (χ0v) is 23.3. The van der Waals surface area contributed by atoms with E-state index in [0.29, 0.717) is 18.4 Å². The van der Waals surface area contributed by atoms with Crippen LogP contribution in [0.4, 0.5) is 0 Å². The van der Waals surface area contributed by atoms with Crippen molar-refractivity contribution in [2.45, 2.75) is 53.6 Å². The molecule has 0 saturated heterocycles. The molecule has 0 aromatic heterocycles. The molecule has 0 bridgehead atoms. The number of ketones is 2. The molecule has 0 aliphatic rings. The van der Waals surface area contributed by atoms with Gasteiger partial charge in [0.25, 0.3) is 0 Å². The molecule has 0 saturated carbocycles. The van der Waals surface area contributed by atoms with Crippen LogP contribution >= 0.6 is 7.92 Å². The van der Waals surface area contributed by atoms with Crippen LogP contribution in [-0.2, 0) is 14.3 Å². The van der Waals surface area contributed by atoms with E-state index in [-0.39, 0.29) is 35.5 Å². The van der Waals surface area contributed by atoms with Crippen molar-refractivity contribution in [1.29, 1.82) is 0 Å². The predicted octanol–water partition coefficient (Wildman–Crippen LogP) is 5.84. The standard InChI is InChI=1S/C32H37O4P/c1-22(2)31(23(3)20-21-28(24(4)33)25(5)34)36-32(35)29-18-12-13-19-30(29)37(26-14-8-6-9-15-26)27-16-10-7-11-17-27/h6-19,22-23,28,31H,20-21H2,1-5H3/t23-,31-/m0/s1. The zero-order valence-electron chi connectivity index (χ0n) is 22.4. The average molecular weight is 517 g/mol. The Morgan fingerprint density at radius 2 is 1.19 bits per heavy atom. The molecule has 0 N–H and O–H groups in total. The van der Waals surface area contributed by atoms with Gasteiger partial charge in [0.05, 0.1) is 11.5 Å². The molecular formula is C32H37O4P. The maximum atomic E-state index is 13.7. The maximum absolute atomic E-state index is 13.7. The number of hydrogen-bond donors (Lipinski definition) is 0. The molecule has 0 unspecified atom stereocenters. The summed E-state index contributed by atoms with van der Waals surface area (Å²) in [6.07, 6.45) is 0.763. The fourth-order valence-corrected chi connectivity index (χ4v) is 7.24. The van der Waals surface area contributed by atoms with Crippen molar-refractivity contribution < 1.29 is 19.1 Å². The van der Waals surface area contributed by atoms with E-state index in [2.05, 4.69) is 24.3 Å². The van der Waals surface area contributed by atoms with E-state index in [0.717, 1.165) is 15.9 Å². The lowest BCUT2D eigenvalue weighted by atomic mass is 9.86. The number of carbonyl (C=O) groups is 3. The topological polar surface area (TPSA) is 60.4 Å². The van der Waals surface area contributed by atoms with Crippen molar-refractivity contribution in [3.63, 3.8) is 0 Å². The van der Waals surface area contributed by atoms with Crippen LogP contribution in [0.2, 0.25) is 0 Å². The second-order valence-corrected chi connectivity index (χ2v) is 12.2. The fraction of sp³-hybridized carbons (Fsp3) is 0.344. The summed E-state index contributed by atoms with van der Waals surface area (Å²) in [6, 6.07) is 28.3. The number of esters is 1. The summed E-state index contributed by atoms with van der Waals surface area (Å²) in [7, 11) is -0.961. The minimum Gasteiger partial charge on any atom is -0.458 e. The Morgan fingerprint density at radius 1 is 0.703 bits per heavy atom. The van der Waals surface area contributed by atoms with Crippen molar-refractivity contribution in [3.05, 3.63) is 90.5 Å². The summed E-state index contributed by atoms with van der Waals surface area (Å²) in [6.45, 7) is 9.03. The number of Topliss-reactive ketones (excluding diaryl/α,β-unsaturated/α-hetero) is 2. The molecular weight excluding hydrogens is 479 g/mol. The molecule has 2 atom stereocenters. The summed E-state index contributed by atoms with van der Waals surface area (Å²) in [5, 5.41) is 3.29. The Hall–Kier alpha value is -3.10. The Morgan fingerprint density at radius 3 is 1.68 bits per heavy atom. The van der Waals surface area contributed by atoms with E-state index in [9.17, 15) is 14.4 Å². The normalized spacial score (nSPS) is 13.0. The van der Waals surface area contributed by atoms with Gasteiger partial charge in [-0.1, -0.05) is 99.6 Å². The SMILES string of the molecule is CC(=O)C(CC[C@H](C)[C@@H](OC(=O)c1ccccc1P(c1ccccc1)c1ccccc1)C(C)C)C(C)=O. The molecule has 0 spiro atoms. The highest BCUT2D eigenvalue weighted by Gasteiger charge is 2.30. The van der Waals surface area contributed by atoms with Gasteiger partial charge in [0.15, 0.2) is 0 Å². The number of hydrogen-bond acceptors (Lipinski definition) is 4. The average Bonchev–Trinajstić information content (AvgIpc) is 2.88. The van der Waals surface area contributed by atoms with Gasteiger partial charge >= 0.3 is 5.97 Å². The second kappa shape index (κ2) is 13.4. The molecule has 0 radical (unpaired) electrons. The highest BCUT2D eigenvalue weighted by Crippen LogP contribution is 2.34. The lowest BCUT2D eigenvalue weighted by Crippen LogP contribution is -2.33. The Balaban J connectivity index is 1.90. The van der Waals surface area contributed by atoms with E-state index in [4.69, 9.17) is 4.74 Å². The molecule has 0 heterocycles. The van der Waals surface area contributed by atoms with Gasteiger partial charge in [-0.2, -0.15) is 0 Å². The van der Waals surface area contributed by atoms with E-state index >= 15 is 0 Å². The first-order chi connectivity index (χ1) is 17.7. The van der Waals surface area contributed by atoms with Gasteiger partial charge in [0.1, 0.15) is 17.7 Å². The Kier molecular flexibility index (Phi) is 10.3. The number of carbonyl (C=O) groups excluding carboxylic acids is 3. The third-order valence-corrected chi connectivity index (χ3v) is 9.25. The van der Waals surface area contributed by atoms with Crippen LogP contribution in [0.5, 0.6) is 0 Å². The lowest BCUT2D eigenvalue weighted by Gasteiger charge is -2.29. The van der Waals surface area contributed by atoms with Crippen LogP contribution in [0.1, 0.15) is 57.8 Å². The summed E-state index contributed by atoms with van der Waals surface area (Å²) in [5.41, 5.74) is 0.574. The molecule has 3 aromatic carbocycles. The monoisotopic (exact) mass is 516 g/mol. The second-order valence-electron chi connectivity index (χ2n) is 9.97. The highest BCUT2D eigenvalue weighted by molar-refractivity contribution is 7.80. The summed E-state index contributed by atoms with van der Waals surface area (Å²) < 4.78 is 6.18. The first-order valence-corrected chi connectivity index (χ1v) is 14.3. The molecule has 0 amide bonds. The lowest BCUT2D eigenvalue weighted by molar-refractivity contribution is -0.130. The molecule has 194 valence electrons. The third kappa shape index (κ3) is 7.46. The van der Waals surface area contributed by atoms with Gasteiger partial charge in [0.2, 0.25) is 0 Å². The van der Waals surface area contributed by atoms with E-state index < -0.39 is 13.8 Å². The Labute approximate surface area is 222 Å². The molecule has 0 aliphatic heterocycles. The van der Waals surface area contributed by atoms with Gasteiger partial charge in [-0.25, -0.2) is 4.79 Å². The quantitative estimate of drug-likeness (QED) is 0.173. The van der Waals surface area contributed by atoms with Gasteiger partial charge in [-0.05, 0) is 68.4 Å². The largest absolute Gasteiger partial charge is 0.458 e. The predicted molar refractivity (Wildman–Crippen MR) is 152 cm³/mol. The molecule has 3 aromatic rings. The van der Waals surface area contributed by atoms with Gasteiger partial charge in [-0.3, -0.25) is 9.59 Å².